The summed E-state index contributed by atoms with van der Waals surface area (Å²) in [5.74, 6) is 0.702. The lowest BCUT2D eigenvalue weighted by Gasteiger charge is -2.22. The van der Waals surface area contributed by atoms with Crippen molar-refractivity contribution in [1.29, 1.82) is 0 Å². The number of carboxylic acids is 1. The second-order valence-electron chi connectivity index (χ2n) is 3.81. The number of ether oxygens (including phenoxy) is 2. The van der Waals surface area contributed by atoms with Crippen LogP contribution in [-0.4, -0.2) is 24.3 Å². The standard InChI is InChI=1S/C12H13BrO4/c13-9-5-4-8(2-1-3-10(14)15)11-12(9)17-7-6-16-11/h4-5H,1-3,6-7H2,(H,14,15). The van der Waals surface area contributed by atoms with Crippen molar-refractivity contribution < 1.29 is 19.4 Å². The zero-order chi connectivity index (χ0) is 12.3. The van der Waals surface area contributed by atoms with Crippen molar-refractivity contribution in [3.05, 3.63) is 22.2 Å². The summed E-state index contributed by atoms with van der Waals surface area (Å²) in [6.45, 7) is 1.08. The minimum atomic E-state index is -0.770. The molecule has 0 saturated carbocycles. The molecular weight excluding hydrogens is 288 g/mol. The first-order chi connectivity index (χ1) is 8.18. The molecule has 0 amide bonds. The molecular formula is C12H13BrO4. The van der Waals surface area contributed by atoms with Crippen molar-refractivity contribution >= 4 is 21.9 Å². The van der Waals surface area contributed by atoms with Crippen LogP contribution >= 0.6 is 15.9 Å². The maximum Gasteiger partial charge on any atom is 0.303 e. The first kappa shape index (κ1) is 12.2. The Hall–Kier alpha value is -1.23. The molecule has 1 aliphatic rings. The van der Waals surface area contributed by atoms with Gasteiger partial charge in [-0.05, 0) is 40.4 Å². The highest BCUT2D eigenvalue weighted by Gasteiger charge is 2.18. The number of halogens is 1. The van der Waals surface area contributed by atoms with Crippen molar-refractivity contribution in [2.45, 2.75) is 19.3 Å². The third kappa shape index (κ3) is 2.91. The number of hydrogen-bond acceptors (Lipinski definition) is 3. The number of fused-ring (bicyclic) bond motifs is 1. The first-order valence-corrected chi connectivity index (χ1v) is 6.26. The molecule has 2 rings (SSSR count). The van der Waals surface area contributed by atoms with Gasteiger partial charge in [0.05, 0.1) is 4.47 Å². The number of carbonyl (C=O) groups is 1. The quantitative estimate of drug-likeness (QED) is 0.929. The van der Waals surface area contributed by atoms with Crippen molar-refractivity contribution in [1.82, 2.24) is 0 Å². The molecule has 0 saturated heterocycles. The van der Waals surface area contributed by atoms with Gasteiger partial charge in [0, 0.05) is 6.42 Å². The van der Waals surface area contributed by atoms with Crippen molar-refractivity contribution in [3.63, 3.8) is 0 Å². The Morgan fingerprint density at radius 1 is 1.29 bits per heavy atom. The molecule has 1 aromatic carbocycles. The first-order valence-electron chi connectivity index (χ1n) is 5.47. The number of carboxylic acid groups (broad SMARTS) is 1. The van der Waals surface area contributed by atoms with Gasteiger partial charge in [-0.15, -0.1) is 0 Å². The Labute approximate surface area is 108 Å². The number of rotatable bonds is 4. The summed E-state index contributed by atoms with van der Waals surface area (Å²) in [7, 11) is 0. The summed E-state index contributed by atoms with van der Waals surface area (Å²) in [5.41, 5.74) is 1.00. The average molecular weight is 301 g/mol. The molecule has 0 spiro atoms. The van der Waals surface area contributed by atoms with E-state index in [0.717, 1.165) is 21.5 Å². The minimum Gasteiger partial charge on any atom is -0.486 e. The summed E-state index contributed by atoms with van der Waals surface area (Å²) in [4.78, 5) is 10.5. The van der Waals surface area contributed by atoms with E-state index in [1.54, 1.807) is 0 Å². The molecule has 1 aromatic rings. The van der Waals surface area contributed by atoms with Crippen LogP contribution in [0, 0.1) is 0 Å². The van der Waals surface area contributed by atoms with Gasteiger partial charge in [-0.3, -0.25) is 4.79 Å². The lowest BCUT2D eigenvalue weighted by molar-refractivity contribution is -0.137. The fraction of sp³-hybridized carbons (Fsp3) is 0.417. The van der Waals surface area contributed by atoms with Crippen LogP contribution in [-0.2, 0) is 11.2 Å². The fourth-order valence-electron chi connectivity index (χ4n) is 1.79. The van der Waals surface area contributed by atoms with Gasteiger partial charge in [-0.25, -0.2) is 0 Å². The molecule has 0 aliphatic carbocycles. The average Bonchev–Trinajstić information content (AvgIpc) is 2.32. The zero-order valence-electron chi connectivity index (χ0n) is 9.24. The molecule has 0 bridgehead atoms. The topological polar surface area (TPSA) is 55.8 Å². The van der Waals surface area contributed by atoms with E-state index < -0.39 is 5.97 Å². The summed E-state index contributed by atoms with van der Waals surface area (Å²) < 4.78 is 12.0. The number of benzene rings is 1. The normalized spacial score (nSPS) is 13.5. The van der Waals surface area contributed by atoms with Crippen LogP contribution < -0.4 is 9.47 Å². The van der Waals surface area contributed by atoms with E-state index in [9.17, 15) is 4.79 Å². The van der Waals surface area contributed by atoms with Crippen LogP contribution in [0.4, 0.5) is 0 Å². The predicted octanol–water partition coefficient (Wildman–Crippen LogP) is 2.63. The lowest BCUT2D eigenvalue weighted by Crippen LogP contribution is -2.17. The largest absolute Gasteiger partial charge is 0.486 e. The van der Waals surface area contributed by atoms with Crippen LogP contribution in [0.25, 0.3) is 0 Å². The van der Waals surface area contributed by atoms with Gasteiger partial charge in [0.1, 0.15) is 13.2 Å². The summed E-state index contributed by atoms with van der Waals surface area (Å²) >= 11 is 3.41. The second kappa shape index (κ2) is 5.40. The predicted molar refractivity (Wildman–Crippen MR) is 65.7 cm³/mol. The monoisotopic (exact) mass is 300 g/mol. The molecule has 1 heterocycles. The van der Waals surface area contributed by atoms with Gasteiger partial charge in [-0.1, -0.05) is 6.07 Å². The maximum absolute atomic E-state index is 10.5. The van der Waals surface area contributed by atoms with E-state index >= 15 is 0 Å². The number of aliphatic carboxylic acids is 1. The van der Waals surface area contributed by atoms with Crippen LogP contribution in [0.15, 0.2) is 16.6 Å². The van der Waals surface area contributed by atoms with Crippen molar-refractivity contribution in [2.75, 3.05) is 13.2 Å². The Morgan fingerprint density at radius 2 is 2.00 bits per heavy atom. The molecule has 0 aromatic heterocycles. The smallest absolute Gasteiger partial charge is 0.303 e. The van der Waals surface area contributed by atoms with Crippen LogP contribution in [0.2, 0.25) is 0 Å². The number of hydrogen-bond donors (Lipinski definition) is 1. The molecule has 0 fully saturated rings. The Kier molecular flexibility index (Phi) is 3.89. The van der Waals surface area contributed by atoms with Gasteiger partial charge < -0.3 is 14.6 Å². The molecule has 4 nitrogen and oxygen atoms in total. The molecule has 0 radical (unpaired) electrons. The molecule has 1 aliphatic heterocycles. The van der Waals surface area contributed by atoms with Gasteiger partial charge in [0.2, 0.25) is 0 Å². The van der Waals surface area contributed by atoms with Crippen LogP contribution in [0.3, 0.4) is 0 Å². The van der Waals surface area contributed by atoms with Crippen molar-refractivity contribution in [3.8, 4) is 11.5 Å². The molecule has 1 N–H and O–H groups in total. The number of aryl methyl sites for hydroxylation is 1. The molecule has 92 valence electrons. The SMILES string of the molecule is O=C(O)CCCc1ccc(Br)c2c1OCCO2. The van der Waals surface area contributed by atoms with E-state index in [1.807, 2.05) is 12.1 Å². The molecule has 0 unspecified atom stereocenters. The maximum atomic E-state index is 10.5. The highest BCUT2D eigenvalue weighted by atomic mass is 79.9. The lowest BCUT2D eigenvalue weighted by atomic mass is 10.1. The highest BCUT2D eigenvalue weighted by molar-refractivity contribution is 9.10. The van der Waals surface area contributed by atoms with E-state index in [0.29, 0.717) is 26.1 Å². The summed E-state index contributed by atoms with van der Waals surface area (Å²) in [6, 6.07) is 3.85. The zero-order valence-corrected chi connectivity index (χ0v) is 10.8. The van der Waals surface area contributed by atoms with E-state index in [1.165, 1.54) is 0 Å². The van der Waals surface area contributed by atoms with Gasteiger partial charge >= 0.3 is 5.97 Å². The second-order valence-corrected chi connectivity index (χ2v) is 4.66. The van der Waals surface area contributed by atoms with Gasteiger partial charge in [-0.2, -0.15) is 0 Å². The summed E-state index contributed by atoms with van der Waals surface area (Å²) in [6.07, 6.45) is 1.46. The summed E-state index contributed by atoms with van der Waals surface area (Å²) in [5, 5.41) is 8.61. The highest BCUT2D eigenvalue weighted by Crippen LogP contribution is 2.40. The van der Waals surface area contributed by atoms with E-state index in [4.69, 9.17) is 14.6 Å². The molecule has 5 heteroatoms. The Bertz CT molecular complexity index is 431. The Morgan fingerprint density at radius 3 is 2.71 bits per heavy atom. The van der Waals surface area contributed by atoms with Crippen LogP contribution in [0.1, 0.15) is 18.4 Å². The molecule has 0 atom stereocenters. The minimum absolute atomic E-state index is 0.172. The van der Waals surface area contributed by atoms with Crippen molar-refractivity contribution in [2.24, 2.45) is 0 Å². The Balaban J connectivity index is 2.14. The van der Waals surface area contributed by atoms with E-state index in [2.05, 4.69) is 15.9 Å². The van der Waals surface area contributed by atoms with E-state index in [-0.39, 0.29) is 6.42 Å². The van der Waals surface area contributed by atoms with Gasteiger partial charge in [0.25, 0.3) is 0 Å². The fourth-order valence-corrected chi connectivity index (χ4v) is 2.21. The van der Waals surface area contributed by atoms with Crippen LogP contribution in [0.5, 0.6) is 11.5 Å². The third-order valence-electron chi connectivity index (χ3n) is 2.56. The third-order valence-corrected chi connectivity index (χ3v) is 3.18. The van der Waals surface area contributed by atoms with Gasteiger partial charge in [0.15, 0.2) is 11.5 Å². The molecule has 17 heavy (non-hydrogen) atoms.